The Morgan fingerprint density at radius 3 is 3.00 bits per heavy atom. The Balaban J connectivity index is 2.62. The maximum atomic E-state index is 11.3. The number of hydrogen-bond donors (Lipinski definition) is 1. The minimum absolute atomic E-state index is 0.0631. The molecule has 0 amide bonds. The number of Topliss-reactive ketones (excluding diaryl/α,β-unsaturated/α-hetero) is 1. The normalized spacial score (nSPS) is 13.7. The molecule has 0 unspecified atom stereocenters. The molecular weight excluding hydrogens is 186 g/mol. The molecule has 3 heteroatoms. The van der Waals surface area contributed by atoms with Crippen molar-refractivity contribution < 1.29 is 4.79 Å². The lowest BCUT2D eigenvalue weighted by Crippen LogP contribution is -1.99. The standard InChI is InChI=1S/C10H10ClNO/c1-6(13)9-5-8(11)4-7-2-3-12-10(7)9/h4-5,12H,2-3H2,1H3. The first-order chi connectivity index (χ1) is 6.18. The molecule has 0 aromatic heterocycles. The number of carbonyl (C=O) groups is 1. The quantitative estimate of drug-likeness (QED) is 0.698. The first-order valence-electron chi connectivity index (χ1n) is 4.25. The molecule has 1 aromatic carbocycles. The fourth-order valence-corrected chi connectivity index (χ4v) is 1.91. The highest BCUT2D eigenvalue weighted by atomic mass is 35.5. The summed E-state index contributed by atoms with van der Waals surface area (Å²) in [5, 5.41) is 3.84. The summed E-state index contributed by atoms with van der Waals surface area (Å²) >= 11 is 5.89. The average Bonchev–Trinajstić information content (AvgIpc) is 2.49. The largest absolute Gasteiger partial charge is 0.384 e. The fourth-order valence-electron chi connectivity index (χ4n) is 1.67. The SMILES string of the molecule is CC(=O)c1cc(Cl)cc2c1NCC2. The fraction of sp³-hybridized carbons (Fsp3) is 0.300. The van der Waals surface area contributed by atoms with Gasteiger partial charge in [-0.3, -0.25) is 4.79 Å². The molecule has 0 fully saturated rings. The van der Waals surface area contributed by atoms with Gasteiger partial charge in [-0.15, -0.1) is 0 Å². The molecule has 1 aliphatic rings. The van der Waals surface area contributed by atoms with Crippen LogP contribution < -0.4 is 5.32 Å². The Morgan fingerprint density at radius 2 is 2.31 bits per heavy atom. The maximum absolute atomic E-state index is 11.3. The molecule has 0 aliphatic carbocycles. The lowest BCUT2D eigenvalue weighted by Gasteiger charge is -2.06. The van der Waals surface area contributed by atoms with Crippen LogP contribution >= 0.6 is 11.6 Å². The summed E-state index contributed by atoms with van der Waals surface area (Å²) in [6, 6.07) is 3.64. The van der Waals surface area contributed by atoms with Crippen LogP contribution in [0.1, 0.15) is 22.8 Å². The third kappa shape index (κ3) is 1.42. The Bertz CT molecular complexity index is 373. The van der Waals surface area contributed by atoms with Gasteiger partial charge in [-0.1, -0.05) is 11.6 Å². The molecule has 13 heavy (non-hydrogen) atoms. The first-order valence-corrected chi connectivity index (χ1v) is 4.63. The highest BCUT2D eigenvalue weighted by Crippen LogP contribution is 2.30. The number of ketones is 1. The van der Waals surface area contributed by atoms with Gasteiger partial charge in [-0.05, 0) is 31.0 Å². The van der Waals surface area contributed by atoms with Gasteiger partial charge in [0.2, 0.25) is 0 Å². The number of carbonyl (C=O) groups excluding carboxylic acids is 1. The van der Waals surface area contributed by atoms with Crippen LogP contribution in [0.5, 0.6) is 0 Å². The van der Waals surface area contributed by atoms with Crippen LogP contribution in [0.15, 0.2) is 12.1 Å². The van der Waals surface area contributed by atoms with E-state index < -0.39 is 0 Å². The highest BCUT2D eigenvalue weighted by molar-refractivity contribution is 6.31. The molecule has 1 heterocycles. The van der Waals surface area contributed by atoms with Crippen LogP contribution in [0.3, 0.4) is 0 Å². The van der Waals surface area contributed by atoms with Gasteiger partial charge in [0.15, 0.2) is 5.78 Å². The van der Waals surface area contributed by atoms with Crippen LogP contribution in [0.4, 0.5) is 5.69 Å². The number of halogens is 1. The van der Waals surface area contributed by atoms with Crippen molar-refractivity contribution in [2.45, 2.75) is 13.3 Å². The molecule has 68 valence electrons. The van der Waals surface area contributed by atoms with Crippen molar-refractivity contribution in [3.05, 3.63) is 28.3 Å². The molecule has 1 aromatic rings. The maximum Gasteiger partial charge on any atom is 0.161 e. The van der Waals surface area contributed by atoms with E-state index in [0.717, 1.165) is 24.2 Å². The lowest BCUT2D eigenvalue weighted by atomic mass is 10.1. The van der Waals surface area contributed by atoms with Crippen molar-refractivity contribution in [3.8, 4) is 0 Å². The van der Waals surface area contributed by atoms with Gasteiger partial charge in [0, 0.05) is 22.8 Å². The Kier molecular flexibility index (Phi) is 2.00. The number of fused-ring (bicyclic) bond motifs is 1. The number of anilines is 1. The predicted molar refractivity (Wildman–Crippen MR) is 53.7 cm³/mol. The average molecular weight is 196 g/mol. The Morgan fingerprint density at radius 1 is 1.54 bits per heavy atom. The zero-order valence-electron chi connectivity index (χ0n) is 7.36. The minimum atomic E-state index is 0.0631. The zero-order chi connectivity index (χ0) is 9.42. The van der Waals surface area contributed by atoms with Crippen molar-refractivity contribution in [1.29, 1.82) is 0 Å². The van der Waals surface area contributed by atoms with Gasteiger partial charge >= 0.3 is 0 Å². The molecule has 0 atom stereocenters. The van der Waals surface area contributed by atoms with Crippen LogP contribution in [0, 0.1) is 0 Å². The van der Waals surface area contributed by atoms with E-state index in [-0.39, 0.29) is 5.78 Å². The molecule has 0 bridgehead atoms. The highest BCUT2D eigenvalue weighted by Gasteiger charge is 2.17. The number of benzene rings is 1. The summed E-state index contributed by atoms with van der Waals surface area (Å²) in [6.45, 7) is 2.46. The van der Waals surface area contributed by atoms with Gasteiger partial charge in [0.25, 0.3) is 0 Å². The zero-order valence-corrected chi connectivity index (χ0v) is 8.11. The van der Waals surface area contributed by atoms with Crippen LogP contribution in [-0.4, -0.2) is 12.3 Å². The molecule has 2 rings (SSSR count). The van der Waals surface area contributed by atoms with E-state index in [4.69, 9.17) is 11.6 Å². The van der Waals surface area contributed by atoms with Gasteiger partial charge in [0.05, 0.1) is 0 Å². The number of nitrogens with one attached hydrogen (secondary N) is 1. The van der Waals surface area contributed by atoms with E-state index in [2.05, 4.69) is 5.32 Å². The van der Waals surface area contributed by atoms with Crippen LogP contribution in [0.25, 0.3) is 0 Å². The molecule has 0 saturated heterocycles. The van der Waals surface area contributed by atoms with E-state index in [1.165, 1.54) is 0 Å². The second kappa shape index (κ2) is 3.04. The molecule has 1 aliphatic heterocycles. The van der Waals surface area contributed by atoms with Crippen molar-refractivity contribution in [1.82, 2.24) is 0 Å². The molecule has 0 radical (unpaired) electrons. The second-order valence-electron chi connectivity index (χ2n) is 3.22. The Hall–Kier alpha value is -1.02. The summed E-state index contributed by atoms with van der Waals surface area (Å²) in [6.07, 6.45) is 0.955. The monoisotopic (exact) mass is 195 g/mol. The molecule has 0 saturated carbocycles. The smallest absolute Gasteiger partial charge is 0.161 e. The molecule has 2 nitrogen and oxygen atoms in total. The topological polar surface area (TPSA) is 29.1 Å². The molecule has 1 N–H and O–H groups in total. The first kappa shape index (κ1) is 8.57. The van der Waals surface area contributed by atoms with Gasteiger partial charge in [0.1, 0.15) is 0 Å². The van der Waals surface area contributed by atoms with E-state index >= 15 is 0 Å². The van der Waals surface area contributed by atoms with Crippen molar-refractivity contribution in [2.24, 2.45) is 0 Å². The van der Waals surface area contributed by atoms with Crippen LogP contribution in [0.2, 0.25) is 5.02 Å². The lowest BCUT2D eigenvalue weighted by molar-refractivity contribution is 0.101. The summed E-state index contributed by atoms with van der Waals surface area (Å²) in [5.74, 6) is 0.0631. The number of hydrogen-bond acceptors (Lipinski definition) is 2. The van der Waals surface area contributed by atoms with Gasteiger partial charge in [-0.2, -0.15) is 0 Å². The second-order valence-corrected chi connectivity index (χ2v) is 3.66. The third-order valence-corrected chi connectivity index (χ3v) is 2.48. The van der Waals surface area contributed by atoms with Crippen molar-refractivity contribution >= 4 is 23.1 Å². The minimum Gasteiger partial charge on any atom is -0.384 e. The summed E-state index contributed by atoms with van der Waals surface area (Å²) < 4.78 is 0. The van der Waals surface area contributed by atoms with E-state index in [0.29, 0.717) is 10.6 Å². The predicted octanol–water partition coefficient (Wildman–Crippen LogP) is 2.51. The van der Waals surface area contributed by atoms with Gasteiger partial charge in [-0.25, -0.2) is 0 Å². The van der Waals surface area contributed by atoms with E-state index in [1.807, 2.05) is 6.07 Å². The van der Waals surface area contributed by atoms with Crippen molar-refractivity contribution in [2.75, 3.05) is 11.9 Å². The Labute approximate surface area is 81.9 Å². The summed E-state index contributed by atoms with van der Waals surface area (Å²) in [4.78, 5) is 11.3. The number of rotatable bonds is 1. The van der Waals surface area contributed by atoms with E-state index in [1.54, 1.807) is 13.0 Å². The van der Waals surface area contributed by atoms with Crippen LogP contribution in [-0.2, 0) is 6.42 Å². The molecular formula is C10H10ClNO. The third-order valence-electron chi connectivity index (χ3n) is 2.26. The van der Waals surface area contributed by atoms with E-state index in [9.17, 15) is 4.79 Å². The molecule has 0 spiro atoms. The summed E-state index contributed by atoms with van der Waals surface area (Å²) in [5.41, 5.74) is 2.83. The summed E-state index contributed by atoms with van der Waals surface area (Å²) in [7, 11) is 0. The van der Waals surface area contributed by atoms with Gasteiger partial charge < -0.3 is 5.32 Å². The van der Waals surface area contributed by atoms with Crippen molar-refractivity contribution in [3.63, 3.8) is 0 Å².